The van der Waals surface area contributed by atoms with Crippen molar-refractivity contribution >= 4 is 95.0 Å². The van der Waals surface area contributed by atoms with Crippen LogP contribution in [-0.2, 0) is 32.5 Å². The van der Waals surface area contributed by atoms with Crippen LogP contribution in [0.4, 0.5) is 51.2 Å². The molecule has 10 aromatic rings. The van der Waals surface area contributed by atoms with E-state index >= 15 is 0 Å². The standard InChI is InChI=1S/C81H82BN3S/c1-76(2,3)52-32-36-55(37-33-52)83(66-30-20-18-26-58(66)51-24-15-14-16-25-51)57-40-41-65-68(48-57)85(67-31-23-29-62-72(67)59-27-17-19-28-61(59)81(62)42-21-22-43-81)70-47-54(78(7,8)9)46-69-73(70)82(65)75-74(84(69)56-38-34-53(35-39-56)77(4,5)6)60-49-63-64(50-71(60)86-75)80(12,13)45-44-79(63,10)11/h14-20,23-41,46-50H,21-22,42-45H2,1-13H3. The molecule has 1 aromatic heterocycles. The normalized spacial score (nSPS) is 16.8. The van der Waals surface area contributed by atoms with Crippen molar-refractivity contribution < 1.29 is 0 Å². The van der Waals surface area contributed by atoms with Crippen LogP contribution in [0, 0.1) is 0 Å². The van der Waals surface area contributed by atoms with E-state index in [0.717, 1.165) is 17.1 Å². The molecule has 3 aliphatic carbocycles. The Kier molecular flexibility index (Phi) is 12.3. The fraction of sp³-hybridized carbons (Fsp3) is 0.309. The minimum absolute atomic E-state index is 0.000915. The minimum atomic E-state index is -0.182. The minimum Gasteiger partial charge on any atom is -0.311 e. The molecule has 1 fully saturated rings. The Labute approximate surface area is 516 Å². The quantitative estimate of drug-likeness (QED) is 0.154. The van der Waals surface area contributed by atoms with Crippen LogP contribution in [0.2, 0.25) is 0 Å². The Morgan fingerprint density at radius 1 is 0.453 bits per heavy atom. The molecule has 0 bridgehead atoms. The lowest BCUT2D eigenvalue weighted by atomic mass is 9.36. The lowest BCUT2D eigenvalue weighted by Gasteiger charge is -2.45. The van der Waals surface area contributed by atoms with Crippen molar-refractivity contribution in [3.63, 3.8) is 0 Å². The molecular weight excluding hydrogens is 1060 g/mol. The van der Waals surface area contributed by atoms with Gasteiger partial charge in [0, 0.05) is 65.5 Å². The van der Waals surface area contributed by atoms with Gasteiger partial charge in [0.15, 0.2) is 0 Å². The molecule has 1 spiro atoms. The molecule has 0 unspecified atom stereocenters. The van der Waals surface area contributed by atoms with Gasteiger partial charge in [0.25, 0.3) is 6.71 Å². The topological polar surface area (TPSA) is 9.72 Å². The van der Waals surface area contributed by atoms with Gasteiger partial charge in [0.05, 0.1) is 17.1 Å². The summed E-state index contributed by atoms with van der Waals surface area (Å²) in [7, 11) is 0. The first-order valence-electron chi connectivity index (χ1n) is 32.0. The smallest absolute Gasteiger partial charge is 0.264 e. The van der Waals surface area contributed by atoms with Crippen molar-refractivity contribution in [3.05, 3.63) is 227 Å². The Bertz CT molecular complexity index is 4360. The SMILES string of the molecule is CC(C)(C)c1ccc(N(c2ccc3c(c2)N(c2cccc4c2-c2ccccc2C42CCCC2)c2cc(C(C)(C)C)cc4c2B3c2sc3cc5c(cc3c2N4c2ccc(C(C)(C)C)cc2)C(C)(C)CCC5(C)C)c2ccccc2-c2ccccc2)cc1. The van der Waals surface area contributed by atoms with Gasteiger partial charge < -0.3 is 14.7 Å². The fourth-order valence-corrected chi connectivity index (χ4v) is 17.3. The van der Waals surface area contributed by atoms with Gasteiger partial charge in [-0.2, -0.15) is 0 Å². The van der Waals surface area contributed by atoms with E-state index in [1.165, 1.54) is 160 Å². The summed E-state index contributed by atoms with van der Waals surface area (Å²) in [6.45, 7) is 31.1. The van der Waals surface area contributed by atoms with Crippen LogP contribution in [0.25, 0.3) is 32.3 Å². The highest BCUT2D eigenvalue weighted by atomic mass is 32.1. The highest BCUT2D eigenvalue weighted by molar-refractivity contribution is 7.33. The number of hydrogen-bond donors (Lipinski definition) is 0. The van der Waals surface area contributed by atoms with Gasteiger partial charge in [-0.3, -0.25) is 0 Å². The molecule has 5 heteroatoms. The Morgan fingerprint density at radius 2 is 1.02 bits per heavy atom. The number of rotatable bonds is 6. The monoisotopic (exact) mass is 1140 g/mol. The highest BCUT2D eigenvalue weighted by Crippen LogP contribution is 2.61. The van der Waals surface area contributed by atoms with E-state index < -0.39 is 0 Å². The Balaban J connectivity index is 1.07. The molecule has 0 atom stereocenters. The molecule has 1 saturated carbocycles. The molecule has 0 N–H and O–H groups in total. The number of anilines is 9. The number of nitrogens with zero attached hydrogens (tertiary/aromatic N) is 3. The fourth-order valence-electron chi connectivity index (χ4n) is 16.0. The van der Waals surface area contributed by atoms with Crippen molar-refractivity contribution in [1.82, 2.24) is 0 Å². The maximum absolute atomic E-state index is 2.76. The van der Waals surface area contributed by atoms with E-state index in [2.05, 4.69) is 293 Å². The molecule has 0 saturated heterocycles. The van der Waals surface area contributed by atoms with E-state index in [9.17, 15) is 0 Å². The van der Waals surface area contributed by atoms with Gasteiger partial charge in [-0.15, -0.1) is 11.3 Å². The van der Waals surface area contributed by atoms with Gasteiger partial charge in [0.2, 0.25) is 0 Å². The zero-order valence-corrected chi connectivity index (χ0v) is 53.8. The summed E-state index contributed by atoms with van der Waals surface area (Å²) in [4.78, 5) is 8.03. The van der Waals surface area contributed by atoms with Crippen molar-refractivity contribution in [1.29, 1.82) is 0 Å². The van der Waals surface area contributed by atoms with Crippen LogP contribution in [0.15, 0.2) is 188 Å². The Morgan fingerprint density at radius 3 is 1.69 bits per heavy atom. The second-order valence-corrected chi connectivity index (χ2v) is 31.4. The van der Waals surface area contributed by atoms with Crippen molar-refractivity contribution in [2.45, 2.75) is 161 Å². The second kappa shape index (κ2) is 19.2. The van der Waals surface area contributed by atoms with E-state index in [4.69, 9.17) is 0 Å². The van der Waals surface area contributed by atoms with Crippen LogP contribution in [-0.4, -0.2) is 6.71 Å². The summed E-state index contributed by atoms with van der Waals surface area (Å²) >= 11 is 2.05. The van der Waals surface area contributed by atoms with Gasteiger partial charge in [-0.1, -0.05) is 218 Å². The molecular formula is C81H82BN3S. The number of hydrogen-bond acceptors (Lipinski definition) is 4. The average Bonchev–Trinajstić information content (AvgIpc) is 1.35. The molecule has 2 aliphatic heterocycles. The van der Waals surface area contributed by atoms with Crippen LogP contribution >= 0.6 is 11.3 Å². The van der Waals surface area contributed by atoms with Crippen molar-refractivity contribution in [2.24, 2.45) is 0 Å². The summed E-state index contributed by atoms with van der Waals surface area (Å²) in [6, 6.07) is 74.0. The van der Waals surface area contributed by atoms with E-state index in [1.807, 2.05) is 11.3 Å². The summed E-state index contributed by atoms with van der Waals surface area (Å²) in [5, 5.41) is 1.37. The number of benzene rings is 9. The van der Waals surface area contributed by atoms with Crippen molar-refractivity contribution in [3.8, 4) is 22.3 Å². The molecule has 5 aliphatic rings. The van der Waals surface area contributed by atoms with Crippen LogP contribution in [0.5, 0.6) is 0 Å². The molecule has 3 nitrogen and oxygen atoms in total. The molecule has 15 rings (SSSR count). The third-order valence-corrected chi connectivity index (χ3v) is 22.1. The molecule has 430 valence electrons. The van der Waals surface area contributed by atoms with Crippen LogP contribution < -0.4 is 30.4 Å². The van der Waals surface area contributed by atoms with Crippen LogP contribution in [0.1, 0.15) is 167 Å². The summed E-state index contributed by atoms with van der Waals surface area (Å²) in [5.74, 6) is 0. The lowest BCUT2D eigenvalue weighted by molar-refractivity contribution is 0.332. The number of para-hydroxylation sites is 1. The van der Waals surface area contributed by atoms with Gasteiger partial charge >= 0.3 is 0 Å². The maximum atomic E-state index is 2.76. The van der Waals surface area contributed by atoms with E-state index in [1.54, 1.807) is 0 Å². The summed E-state index contributed by atoms with van der Waals surface area (Å²) in [6.07, 6.45) is 7.19. The van der Waals surface area contributed by atoms with E-state index in [0.29, 0.717) is 0 Å². The summed E-state index contributed by atoms with van der Waals surface area (Å²) in [5.41, 5.74) is 28.8. The summed E-state index contributed by atoms with van der Waals surface area (Å²) < 4.78 is 2.80. The first-order chi connectivity index (χ1) is 41.0. The molecule has 0 amide bonds. The van der Waals surface area contributed by atoms with Crippen molar-refractivity contribution in [2.75, 3.05) is 14.7 Å². The number of thiophene rings is 1. The van der Waals surface area contributed by atoms with Crippen LogP contribution in [0.3, 0.4) is 0 Å². The first kappa shape index (κ1) is 55.0. The second-order valence-electron chi connectivity index (χ2n) is 30.3. The maximum Gasteiger partial charge on any atom is 0.264 e. The Hall–Kier alpha value is -7.60. The zero-order valence-electron chi connectivity index (χ0n) is 53.0. The van der Waals surface area contributed by atoms with Gasteiger partial charge in [0.1, 0.15) is 0 Å². The third-order valence-electron chi connectivity index (χ3n) is 20.9. The lowest BCUT2D eigenvalue weighted by Crippen LogP contribution is -2.60. The van der Waals surface area contributed by atoms with E-state index in [-0.39, 0.29) is 39.2 Å². The van der Waals surface area contributed by atoms with Gasteiger partial charge in [-0.25, -0.2) is 0 Å². The highest BCUT2D eigenvalue weighted by Gasteiger charge is 2.50. The number of fused-ring (bicyclic) bond motifs is 12. The molecule has 3 heterocycles. The molecule has 0 radical (unpaired) electrons. The predicted octanol–water partition coefficient (Wildman–Crippen LogP) is 21.2. The average molecular weight is 1140 g/mol. The molecule has 9 aromatic carbocycles. The zero-order chi connectivity index (χ0) is 59.6. The van der Waals surface area contributed by atoms with Gasteiger partial charge in [-0.05, 0) is 187 Å². The third kappa shape index (κ3) is 8.40. The first-order valence-corrected chi connectivity index (χ1v) is 32.8. The molecule has 86 heavy (non-hydrogen) atoms. The largest absolute Gasteiger partial charge is 0.311 e. The predicted molar refractivity (Wildman–Crippen MR) is 372 cm³/mol.